The van der Waals surface area contributed by atoms with Crippen LogP contribution in [0.4, 0.5) is 51.2 Å². The second-order valence-electron chi connectivity index (χ2n) is 42.5. The van der Waals surface area contributed by atoms with Crippen molar-refractivity contribution >= 4 is 51.2 Å². The molecule has 0 aliphatic heterocycles. The lowest BCUT2D eigenvalue weighted by atomic mass is 9.79. The van der Waals surface area contributed by atoms with Crippen LogP contribution in [0.5, 0.6) is 0 Å². The summed E-state index contributed by atoms with van der Waals surface area (Å²) in [5, 5.41) is 0. The molecule has 0 bridgehead atoms. The molecule has 0 unspecified atom stereocenters. The molecular weight excluding hydrogens is 1660 g/mol. The number of aryl methyl sites for hydroxylation is 3. The highest BCUT2D eigenvalue weighted by atomic mass is 15.2. The number of fused-ring (bicyclic) bond motifs is 18. The third-order valence-corrected chi connectivity index (χ3v) is 31.0. The summed E-state index contributed by atoms with van der Waals surface area (Å²) in [6, 6.07) is 146. The molecule has 18 aromatic carbocycles. The molecule has 0 amide bonds. The van der Waals surface area contributed by atoms with E-state index in [2.05, 4.69) is 534 Å². The van der Waals surface area contributed by atoms with Crippen LogP contribution in [0.15, 0.2) is 388 Å². The van der Waals surface area contributed by atoms with Crippen LogP contribution in [0.3, 0.4) is 0 Å². The summed E-state index contributed by atoms with van der Waals surface area (Å²) in [6.07, 6.45) is 2.50. The first-order valence-corrected chi connectivity index (χ1v) is 50.0. The van der Waals surface area contributed by atoms with E-state index in [-0.39, 0.29) is 32.5 Å². The fourth-order valence-electron chi connectivity index (χ4n) is 23.3. The number of hydrogen-bond donors (Lipinski definition) is 0. The number of nitrogens with zero attached hydrogens (tertiary/aromatic N) is 3. The van der Waals surface area contributed by atoms with Crippen molar-refractivity contribution in [1.82, 2.24) is 0 Å². The van der Waals surface area contributed by atoms with Crippen LogP contribution in [0.1, 0.15) is 207 Å². The minimum atomic E-state index is -0.147. The molecule has 24 rings (SSSR count). The Morgan fingerprint density at radius 3 is 0.507 bits per heavy atom. The Morgan fingerprint density at radius 2 is 0.297 bits per heavy atom. The van der Waals surface area contributed by atoms with E-state index in [4.69, 9.17) is 0 Å². The van der Waals surface area contributed by atoms with E-state index in [1.165, 1.54) is 208 Å². The van der Waals surface area contributed by atoms with E-state index < -0.39 is 0 Å². The fourth-order valence-corrected chi connectivity index (χ4v) is 23.3. The Kier molecular flexibility index (Phi) is 22.5. The van der Waals surface area contributed by atoms with Gasteiger partial charge in [0.2, 0.25) is 0 Å². The molecule has 0 spiro atoms. The molecule has 0 N–H and O–H groups in total. The van der Waals surface area contributed by atoms with E-state index in [9.17, 15) is 0 Å². The van der Waals surface area contributed by atoms with Crippen molar-refractivity contribution in [3.05, 3.63) is 472 Å². The highest BCUT2D eigenvalue weighted by Gasteiger charge is 2.46. The molecule has 0 saturated heterocycles. The minimum absolute atomic E-state index is 0.0231. The van der Waals surface area contributed by atoms with E-state index in [0.29, 0.717) is 0 Å². The molecule has 6 aliphatic carbocycles. The molecule has 6 aliphatic rings. The van der Waals surface area contributed by atoms with E-state index in [0.717, 1.165) is 51.2 Å². The van der Waals surface area contributed by atoms with Gasteiger partial charge < -0.3 is 14.7 Å². The summed E-state index contributed by atoms with van der Waals surface area (Å²) in [7, 11) is 0. The third-order valence-electron chi connectivity index (χ3n) is 31.0. The molecule has 138 heavy (non-hydrogen) atoms. The molecule has 680 valence electrons. The van der Waals surface area contributed by atoms with Gasteiger partial charge >= 0.3 is 0 Å². The van der Waals surface area contributed by atoms with Crippen LogP contribution >= 0.6 is 0 Å². The Morgan fingerprint density at radius 1 is 0.145 bits per heavy atom. The topological polar surface area (TPSA) is 9.72 Å². The van der Waals surface area contributed by atoms with Crippen molar-refractivity contribution in [2.24, 2.45) is 0 Å². The average molecular weight is 1790 g/mol. The predicted octanol–water partition coefficient (Wildman–Crippen LogP) is 38.0. The predicted molar refractivity (Wildman–Crippen MR) is 590 cm³/mol. The van der Waals surface area contributed by atoms with Crippen LogP contribution in [0.25, 0.3) is 111 Å². The first-order valence-electron chi connectivity index (χ1n) is 50.0. The molecule has 0 fully saturated rings. The highest BCUT2D eigenvalue weighted by Crippen LogP contribution is 2.62. The van der Waals surface area contributed by atoms with E-state index in [1.54, 1.807) is 0 Å². The number of benzene rings is 18. The molecular formula is C135H125N3. The van der Waals surface area contributed by atoms with Crippen molar-refractivity contribution in [2.45, 2.75) is 177 Å². The Balaban J connectivity index is 0.000000156. The van der Waals surface area contributed by atoms with Gasteiger partial charge in [-0.05, 0) is 369 Å². The van der Waals surface area contributed by atoms with Crippen molar-refractivity contribution in [1.29, 1.82) is 0 Å². The molecule has 18 aromatic rings. The maximum atomic E-state index is 2.52. The van der Waals surface area contributed by atoms with Gasteiger partial charge in [-0.2, -0.15) is 0 Å². The standard InChI is InChI=1S/C67H57N.C62H52N2.2C3H8/c1-40-18-26-45(27-19-40)68(46-28-20-41(21-29-46)43-24-32-50-54-38-60-52(36-62(54)66(6,7)58(50)34-43)48-14-10-12-16-56(48)64(60,2)3)47-30-22-42(23-31-47)44-25-33-51-55-39-61-53(37-63(55)67(8,9)59(51)35-44)49-15-11-13-17-57(49)65(61,4)5;1-41-17-27-49(28-18-41)63(47-13-9-7-10-14-47)51-31-21-43(22-32-51)45-25-35-53-55-39-60-56(40-59(55)61(3,4)57(53)37-45)54-36-26-46(38-58(54)62(60,5)6)44-23-33-52(34-24-44)64(48-15-11-8-12-16-48)50-29-19-42(2)20-30-50;2*1-3-2/h10-39H,1-9H3;7-40H,1-6H3;2*3H2,1-2H3. The molecule has 0 atom stereocenters. The van der Waals surface area contributed by atoms with Crippen LogP contribution < -0.4 is 14.7 Å². The fraction of sp³-hybridized carbons (Fsp3) is 0.200. The van der Waals surface area contributed by atoms with Crippen LogP contribution in [-0.4, -0.2) is 0 Å². The first-order chi connectivity index (χ1) is 66.5. The zero-order valence-electron chi connectivity index (χ0n) is 83.7. The molecule has 0 aromatic heterocycles. The largest absolute Gasteiger partial charge is 0.311 e. The van der Waals surface area contributed by atoms with Gasteiger partial charge in [-0.1, -0.05) is 359 Å². The summed E-state index contributed by atoms with van der Waals surface area (Å²) in [4.78, 5) is 7.04. The third kappa shape index (κ3) is 15.1. The maximum absolute atomic E-state index is 2.52. The summed E-state index contributed by atoms with van der Waals surface area (Å²) < 4.78 is 0. The minimum Gasteiger partial charge on any atom is -0.311 e. The van der Waals surface area contributed by atoms with Gasteiger partial charge in [-0.3, -0.25) is 0 Å². The van der Waals surface area contributed by atoms with Gasteiger partial charge in [0.15, 0.2) is 0 Å². The van der Waals surface area contributed by atoms with Gasteiger partial charge in [0.05, 0.1) is 0 Å². The monoisotopic (exact) mass is 1790 g/mol. The second-order valence-corrected chi connectivity index (χ2v) is 42.5. The average Bonchev–Trinajstić information content (AvgIpc) is 1.55. The number of anilines is 9. The van der Waals surface area contributed by atoms with Crippen molar-refractivity contribution in [2.75, 3.05) is 14.7 Å². The lowest BCUT2D eigenvalue weighted by Crippen LogP contribution is -2.17. The molecule has 3 nitrogen and oxygen atoms in total. The Hall–Kier alpha value is -14.6. The zero-order chi connectivity index (χ0) is 95.8. The first kappa shape index (κ1) is 89.9. The van der Waals surface area contributed by atoms with Gasteiger partial charge in [0, 0.05) is 83.7 Å². The zero-order valence-corrected chi connectivity index (χ0v) is 83.7. The van der Waals surface area contributed by atoms with E-state index in [1.807, 2.05) is 0 Å². The summed E-state index contributed by atoms with van der Waals surface area (Å²) in [5.41, 5.74) is 56.8. The quantitative estimate of drug-likeness (QED) is 0.114. The Labute approximate surface area is 820 Å². The second kappa shape index (κ2) is 34.6. The molecule has 0 saturated carbocycles. The smallest absolute Gasteiger partial charge is 0.0462 e. The number of para-hydroxylation sites is 2. The number of rotatable bonds is 13. The molecule has 0 heterocycles. The lowest BCUT2D eigenvalue weighted by Gasteiger charge is -2.26. The molecule has 3 heteroatoms. The normalized spacial score (nSPS) is 14.6. The van der Waals surface area contributed by atoms with Crippen molar-refractivity contribution in [3.8, 4) is 111 Å². The van der Waals surface area contributed by atoms with Gasteiger partial charge in [-0.15, -0.1) is 0 Å². The SMILES string of the molecule is CCC.CCC.Cc1ccc(N(c2ccc(-c3ccc4c(c3)C(C)(C)c3cc5c(cc3-4)C(C)(C)c3ccccc3-5)cc2)c2ccc(-c3ccc4c(c3)C(C)(C)c3cc5c(cc3-4)C(C)(C)c3ccccc3-5)cc2)cc1.Cc1ccc(N(c2ccccc2)c2ccc(-c3ccc4c(c3)C(C)(C)c3cc5c(cc3-4)C(C)(C)c3cc(-c4ccc(N(c6ccccc6)c6ccc(C)cc6)cc4)ccc3-5)cc2)cc1. The summed E-state index contributed by atoms with van der Waals surface area (Å²) >= 11 is 0. The van der Waals surface area contributed by atoms with Gasteiger partial charge in [0.25, 0.3) is 0 Å². The molecule has 0 radical (unpaired) electrons. The number of hydrogen-bond acceptors (Lipinski definition) is 3. The van der Waals surface area contributed by atoms with Crippen molar-refractivity contribution < 1.29 is 0 Å². The van der Waals surface area contributed by atoms with E-state index >= 15 is 0 Å². The van der Waals surface area contributed by atoms with Crippen LogP contribution in [-0.2, 0) is 32.5 Å². The summed E-state index contributed by atoms with van der Waals surface area (Å²) in [6.45, 7) is 43.7. The van der Waals surface area contributed by atoms with Gasteiger partial charge in [0.1, 0.15) is 0 Å². The van der Waals surface area contributed by atoms with Crippen LogP contribution in [0, 0.1) is 20.8 Å². The van der Waals surface area contributed by atoms with Crippen LogP contribution in [0.2, 0.25) is 0 Å². The lowest BCUT2D eigenvalue weighted by molar-refractivity contribution is 0.652. The maximum Gasteiger partial charge on any atom is 0.0462 e. The Bertz CT molecular complexity index is 7290. The van der Waals surface area contributed by atoms with Gasteiger partial charge in [-0.25, -0.2) is 0 Å². The van der Waals surface area contributed by atoms with Crippen molar-refractivity contribution in [3.63, 3.8) is 0 Å². The summed E-state index contributed by atoms with van der Waals surface area (Å²) in [5.74, 6) is 0. The highest BCUT2D eigenvalue weighted by molar-refractivity contribution is 5.97.